The molecule has 10 heteroatoms. The number of nitrogens with zero attached hydrogens (tertiary/aromatic N) is 2. The van der Waals surface area contributed by atoms with E-state index in [9.17, 15) is 13.0 Å². The largest absolute Gasteiger partial charge is 0.419 e. The number of aromatic nitrogens is 2. The van der Waals surface area contributed by atoms with Gasteiger partial charge in [0.15, 0.2) is 0 Å². The Kier molecular flexibility index (Phi) is 5.03. The van der Waals surface area contributed by atoms with Crippen LogP contribution in [0.15, 0.2) is 22.6 Å². The third-order valence-electron chi connectivity index (χ3n) is 5.51. The molecule has 27 heavy (non-hydrogen) atoms. The van der Waals surface area contributed by atoms with Crippen LogP contribution in [-0.2, 0) is 16.7 Å². The van der Waals surface area contributed by atoms with Crippen molar-refractivity contribution < 1.29 is 17.4 Å². The number of benzene rings is 1. The lowest BCUT2D eigenvalue weighted by Crippen LogP contribution is -2.36. The lowest BCUT2D eigenvalue weighted by atomic mass is 9.73. The molecule has 1 aromatic heterocycles. The van der Waals surface area contributed by atoms with E-state index in [0.29, 0.717) is 18.1 Å². The summed E-state index contributed by atoms with van der Waals surface area (Å²) < 4.78 is 46.8. The number of halogens is 4. The van der Waals surface area contributed by atoms with Crippen LogP contribution in [0.2, 0.25) is 10.0 Å². The van der Waals surface area contributed by atoms with E-state index < -0.39 is 22.6 Å². The smallest absolute Gasteiger partial charge is 0.349 e. The molecule has 2 aliphatic rings. The Morgan fingerprint density at radius 1 is 1.22 bits per heavy atom. The van der Waals surface area contributed by atoms with Gasteiger partial charge in [0.2, 0.25) is 5.89 Å². The van der Waals surface area contributed by atoms with Crippen LogP contribution in [0, 0.1) is 5.41 Å². The summed E-state index contributed by atoms with van der Waals surface area (Å²) in [7, 11) is -0.809. The van der Waals surface area contributed by atoms with Crippen LogP contribution in [0.25, 0.3) is 0 Å². The van der Waals surface area contributed by atoms with Crippen molar-refractivity contribution >= 4 is 34.0 Å². The normalized spacial score (nSPS) is 28.7. The summed E-state index contributed by atoms with van der Waals surface area (Å²) in [5.41, 5.74) is -0.532. The summed E-state index contributed by atoms with van der Waals surface area (Å²) in [4.78, 5) is 0. The van der Waals surface area contributed by atoms with Gasteiger partial charge in [-0.15, -0.1) is 10.2 Å². The zero-order chi connectivity index (χ0) is 19.2. The first kappa shape index (κ1) is 19.2. The Bertz CT molecular complexity index is 883. The van der Waals surface area contributed by atoms with Crippen LogP contribution >= 0.6 is 23.2 Å². The standard InChI is InChI=1S/C17H17Cl2F2N3O2S/c18-12-2-1-10(7-13(12)19)17(20,21)15-24-23-14(26-15)11-8-22-9-16(11)3-5-27(25)6-4-16/h1-2,7,11,22H,3-6,8-9H2. The number of nitrogens with one attached hydrogen (secondary N) is 1. The van der Waals surface area contributed by atoms with Crippen molar-refractivity contribution in [2.24, 2.45) is 5.41 Å². The van der Waals surface area contributed by atoms with Crippen LogP contribution in [0.1, 0.15) is 36.1 Å². The number of hydrogen-bond donors (Lipinski definition) is 1. The lowest BCUT2D eigenvalue weighted by molar-refractivity contribution is 0.0110. The van der Waals surface area contributed by atoms with Gasteiger partial charge in [0.25, 0.3) is 5.89 Å². The highest BCUT2D eigenvalue weighted by Gasteiger charge is 2.49. The summed E-state index contributed by atoms with van der Waals surface area (Å²) in [6.45, 7) is 1.31. The second-order valence-corrected chi connectivity index (χ2v) is 9.55. The van der Waals surface area contributed by atoms with E-state index in [1.807, 2.05) is 0 Å². The maximum absolute atomic E-state index is 14.8. The summed E-state index contributed by atoms with van der Waals surface area (Å²) in [6, 6.07) is 3.60. The van der Waals surface area contributed by atoms with Crippen LogP contribution in [-0.4, -0.2) is 39.0 Å². The molecule has 0 saturated carbocycles. The third kappa shape index (κ3) is 3.41. The Morgan fingerprint density at radius 2 is 1.96 bits per heavy atom. The molecule has 5 nitrogen and oxygen atoms in total. The average Bonchev–Trinajstić information content (AvgIpc) is 3.27. The van der Waals surface area contributed by atoms with Gasteiger partial charge in [0.1, 0.15) is 0 Å². The van der Waals surface area contributed by atoms with Gasteiger partial charge < -0.3 is 9.73 Å². The Morgan fingerprint density at radius 3 is 2.67 bits per heavy atom. The van der Waals surface area contributed by atoms with Crippen LogP contribution in [0.5, 0.6) is 0 Å². The number of rotatable bonds is 3. The maximum atomic E-state index is 14.8. The monoisotopic (exact) mass is 435 g/mol. The van der Waals surface area contributed by atoms with Gasteiger partial charge in [-0.1, -0.05) is 29.3 Å². The predicted octanol–water partition coefficient (Wildman–Crippen LogP) is 3.73. The molecular formula is C17H17Cl2F2N3O2S. The first-order chi connectivity index (χ1) is 12.8. The number of hydrogen-bond acceptors (Lipinski definition) is 5. The van der Waals surface area contributed by atoms with Gasteiger partial charge >= 0.3 is 5.92 Å². The number of alkyl halides is 2. The fourth-order valence-electron chi connectivity index (χ4n) is 3.86. The zero-order valence-electron chi connectivity index (χ0n) is 14.2. The summed E-state index contributed by atoms with van der Waals surface area (Å²) >= 11 is 11.7. The molecule has 1 atom stereocenters. The highest BCUT2D eigenvalue weighted by atomic mass is 35.5. The molecule has 1 aromatic carbocycles. The van der Waals surface area contributed by atoms with Crippen molar-refractivity contribution in [1.29, 1.82) is 0 Å². The van der Waals surface area contributed by atoms with E-state index in [-0.39, 0.29) is 32.8 Å². The predicted molar refractivity (Wildman–Crippen MR) is 98.9 cm³/mol. The minimum atomic E-state index is -3.48. The molecule has 0 aliphatic carbocycles. The molecule has 2 aliphatic heterocycles. The molecule has 0 radical (unpaired) electrons. The third-order valence-corrected chi connectivity index (χ3v) is 7.57. The summed E-state index contributed by atoms with van der Waals surface area (Å²) in [6.07, 6.45) is 1.50. The Labute approximate surface area is 167 Å². The van der Waals surface area contributed by atoms with Gasteiger partial charge in [-0.2, -0.15) is 8.78 Å². The molecule has 1 unspecified atom stereocenters. The topological polar surface area (TPSA) is 68.0 Å². The SMILES string of the molecule is O=S1CCC2(CC1)CNCC2c1nnc(C(F)(F)c2ccc(Cl)c(Cl)c2)o1. The second-order valence-electron chi connectivity index (χ2n) is 7.04. The Balaban J connectivity index is 1.62. The summed E-state index contributed by atoms with van der Waals surface area (Å²) in [5, 5.41) is 11.1. The minimum absolute atomic E-state index is 0.0303. The van der Waals surface area contributed by atoms with E-state index in [0.717, 1.165) is 25.5 Å². The fraction of sp³-hybridized carbons (Fsp3) is 0.529. The van der Waals surface area contributed by atoms with Crippen molar-refractivity contribution in [1.82, 2.24) is 15.5 Å². The van der Waals surface area contributed by atoms with Crippen molar-refractivity contribution in [3.8, 4) is 0 Å². The van der Waals surface area contributed by atoms with E-state index in [1.54, 1.807) is 0 Å². The van der Waals surface area contributed by atoms with Gasteiger partial charge in [0, 0.05) is 41.0 Å². The highest BCUT2D eigenvalue weighted by molar-refractivity contribution is 7.85. The maximum Gasteiger partial charge on any atom is 0.349 e. The highest BCUT2D eigenvalue weighted by Crippen LogP contribution is 2.47. The van der Waals surface area contributed by atoms with Crippen molar-refractivity contribution in [2.75, 3.05) is 24.6 Å². The first-order valence-corrected chi connectivity index (χ1v) is 10.8. The molecule has 4 rings (SSSR count). The molecule has 1 spiro atoms. The van der Waals surface area contributed by atoms with Gasteiger partial charge in [-0.25, -0.2) is 0 Å². The molecule has 1 N–H and O–H groups in total. The van der Waals surface area contributed by atoms with Crippen molar-refractivity contribution in [2.45, 2.75) is 24.7 Å². The molecule has 0 bridgehead atoms. The van der Waals surface area contributed by atoms with E-state index in [1.165, 1.54) is 12.1 Å². The quantitative estimate of drug-likeness (QED) is 0.795. The van der Waals surface area contributed by atoms with Gasteiger partial charge in [0.05, 0.1) is 16.0 Å². The van der Waals surface area contributed by atoms with Gasteiger partial charge in [-0.3, -0.25) is 4.21 Å². The van der Waals surface area contributed by atoms with Crippen molar-refractivity contribution in [3.05, 3.63) is 45.6 Å². The molecule has 146 valence electrons. The molecule has 2 aromatic rings. The van der Waals surface area contributed by atoms with E-state index in [2.05, 4.69) is 15.5 Å². The average molecular weight is 436 g/mol. The molecule has 3 heterocycles. The first-order valence-electron chi connectivity index (χ1n) is 8.55. The molecule has 2 saturated heterocycles. The van der Waals surface area contributed by atoms with Crippen LogP contribution in [0.3, 0.4) is 0 Å². The lowest BCUT2D eigenvalue weighted by Gasteiger charge is -2.36. The zero-order valence-corrected chi connectivity index (χ0v) is 16.5. The van der Waals surface area contributed by atoms with E-state index >= 15 is 0 Å². The van der Waals surface area contributed by atoms with Crippen LogP contribution in [0.4, 0.5) is 8.78 Å². The summed E-state index contributed by atoms with van der Waals surface area (Å²) in [5.74, 6) is -3.00. The molecule has 0 amide bonds. The van der Waals surface area contributed by atoms with Crippen LogP contribution < -0.4 is 5.32 Å². The fourth-order valence-corrected chi connectivity index (χ4v) is 5.63. The van der Waals surface area contributed by atoms with E-state index in [4.69, 9.17) is 27.6 Å². The Hall–Kier alpha value is -1.09. The van der Waals surface area contributed by atoms with Gasteiger partial charge in [-0.05, 0) is 30.4 Å². The molecular weight excluding hydrogens is 419 g/mol. The molecule has 2 fully saturated rings. The minimum Gasteiger partial charge on any atom is -0.419 e. The second kappa shape index (κ2) is 7.06. The van der Waals surface area contributed by atoms with Crippen molar-refractivity contribution in [3.63, 3.8) is 0 Å².